The van der Waals surface area contributed by atoms with Gasteiger partial charge in [-0.1, -0.05) is 26.0 Å². The Balaban J connectivity index is 2.87. The van der Waals surface area contributed by atoms with Crippen molar-refractivity contribution in [3.8, 4) is 0 Å². The van der Waals surface area contributed by atoms with Gasteiger partial charge in [-0.2, -0.15) is 13.2 Å². The van der Waals surface area contributed by atoms with E-state index in [1.807, 2.05) is 13.8 Å². The molecule has 0 spiro atoms. The smallest absolute Gasteiger partial charge is 0.310 e. The van der Waals surface area contributed by atoms with E-state index in [4.69, 9.17) is 0 Å². The summed E-state index contributed by atoms with van der Waals surface area (Å²) in [4.78, 5) is 0. The number of hydrogen-bond acceptors (Lipinski definition) is 1. The Morgan fingerprint density at radius 2 is 2.07 bits per heavy atom. The summed E-state index contributed by atoms with van der Waals surface area (Å²) in [6.07, 6.45) is -4.32. The maximum absolute atomic E-state index is 12.5. The molecule has 1 nitrogen and oxygen atoms in total. The Hall–Kier alpha value is -1.21. The quantitative estimate of drug-likeness (QED) is 0.817. The summed E-state index contributed by atoms with van der Waals surface area (Å²) in [6.45, 7) is 3.91. The van der Waals surface area contributed by atoms with Gasteiger partial charge in [-0.15, -0.1) is 0 Å². The van der Waals surface area contributed by atoms with E-state index < -0.39 is 11.7 Å². The van der Waals surface area contributed by atoms with Crippen molar-refractivity contribution >= 4 is 0 Å². The molecule has 0 aromatic heterocycles. The van der Waals surface area contributed by atoms with Crippen LogP contribution in [0.3, 0.4) is 0 Å². The highest BCUT2D eigenvalue weighted by molar-refractivity contribution is 5.25. The van der Waals surface area contributed by atoms with Gasteiger partial charge in [-0.05, 0) is 12.1 Å². The zero-order chi connectivity index (χ0) is 11.5. The van der Waals surface area contributed by atoms with Crippen LogP contribution >= 0.6 is 0 Å². The molecular formula is C11H12F3N. The Morgan fingerprint density at radius 1 is 1.40 bits per heavy atom. The van der Waals surface area contributed by atoms with Crippen molar-refractivity contribution in [3.63, 3.8) is 0 Å². The fourth-order valence-electron chi connectivity index (χ4n) is 1.13. The summed E-state index contributed by atoms with van der Waals surface area (Å²) < 4.78 is 37.5. The van der Waals surface area contributed by atoms with Gasteiger partial charge in [-0.25, -0.2) is 0 Å². The van der Waals surface area contributed by atoms with Gasteiger partial charge in [0.1, 0.15) is 0 Å². The van der Waals surface area contributed by atoms with Gasteiger partial charge in [-0.3, -0.25) is 0 Å². The summed E-state index contributed by atoms with van der Waals surface area (Å²) in [7, 11) is 0. The summed E-state index contributed by atoms with van der Waals surface area (Å²) in [5, 5.41) is 2.92. The van der Waals surface area contributed by atoms with Crippen LogP contribution in [0.15, 0.2) is 12.1 Å². The Kier molecular flexibility index (Phi) is 3.59. The normalized spacial score (nSPS) is 11.6. The average molecular weight is 215 g/mol. The molecule has 1 rings (SSSR count). The molecule has 4 heteroatoms. The third-order valence-corrected chi connectivity index (χ3v) is 1.87. The van der Waals surface area contributed by atoms with Crippen LogP contribution in [-0.2, 0) is 12.7 Å². The van der Waals surface area contributed by atoms with Crippen LogP contribution in [0.1, 0.15) is 25.0 Å². The van der Waals surface area contributed by atoms with E-state index in [1.165, 1.54) is 6.07 Å². The van der Waals surface area contributed by atoms with Gasteiger partial charge in [0.05, 0.1) is 5.56 Å². The summed E-state index contributed by atoms with van der Waals surface area (Å²) in [5.41, 5.74) is -0.534. The van der Waals surface area contributed by atoms with Crippen LogP contribution in [0.5, 0.6) is 0 Å². The Morgan fingerprint density at radius 3 is 2.60 bits per heavy atom. The highest BCUT2D eigenvalue weighted by Crippen LogP contribution is 2.30. The molecule has 1 aromatic carbocycles. The maximum atomic E-state index is 12.5. The van der Waals surface area contributed by atoms with Crippen LogP contribution in [-0.4, -0.2) is 6.04 Å². The molecule has 0 bridgehead atoms. The summed E-state index contributed by atoms with van der Waals surface area (Å²) in [6, 6.07) is 7.41. The van der Waals surface area contributed by atoms with Gasteiger partial charge >= 0.3 is 6.18 Å². The number of alkyl halides is 3. The molecule has 0 heterocycles. The Bertz CT molecular complexity index is 318. The predicted molar refractivity (Wildman–Crippen MR) is 51.1 cm³/mol. The zero-order valence-electron chi connectivity index (χ0n) is 8.57. The van der Waals surface area contributed by atoms with Crippen molar-refractivity contribution in [2.24, 2.45) is 0 Å². The second-order valence-electron chi connectivity index (χ2n) is 3.53. The lowest BCUT2D eigenvalue weighted by atomic mass is 10.1. The van der Waals surface area contributed by atoms with E-state index in [1.54, 1.807) is 0 Å². The van der Waals surface area contributed by atoms with Crippen LogP contribution < -0.4 is 5.32 Å². The minimum Gasteiger partial charge on any atom is -0.310 e. The van der Waals surface area contributed by atoms with Crippen LogP contribution in [0.4, 0.5) is 13.2 Å². The third-order valence-electron chi connectivity index (χ3n) is 1.87. The van der Waals surface area contributed by atoms with Crippen molar-refractivity contribution in [3.05, 3.63) is 35.4 Å². The first-order valence-electron chi connectivity index (χ1n) is 4.63. The van der Waals surface area contributed by atoms with E-state index in [2.05, 4.69) is 17.4 Å². The molecule has 0 atom stereocenters. The van der Waals surface area contributed by atoms with Gasteiger partial charge < -0.3 is 5.32 Å². The number of halogens is 3. The lowest BCUT2D eigenvalue weighted by Gasteiger charge is -2.12. The molecule has 0 fully saturated rings. The molecule has 0 saturated carbocycles. The molecule has 1 N–H and O–H groups in total. The molecule has 0 aliphatic heterocycles. The third kappa shape index (κ3) is 3.45. The summed E-state index contributed by atoms with van der Waals surface area (Å²) in [5.74, 6) is 0. The predicted octanol–water partition coefficient (Wildman–Crippen LogP) is 2.80. The number of rotatable bonds is 3. The second-order valence-corrected chi connectivity index (χ2v) is 3.53. The molecule has 0 unspecified atom stereocenters. The van der Waals surface area contributed by atoms with Crippen molar-refractivity contribution < 1.29 is 13.2 Å². The molecule has 0 aliphatic carbocycles. The average Bonchev–Trinajstić information content (AvgIpc) is 2.13. The van der Waals surface area contributed by atoms with E-state index in [-0.39, 0.29) is 18.2 Å². The topological polar surface area (TPSA) is 12.0 Å². The molecular weight excluding hydrogens is 203 g/mol. The SMILES string of the molecule is CC(C)NCc1c#cccc1C(F)(F)F. The maximum Gasteiger partial charge on any atom is 0.417 e. The molecule has 0 amide bonds. The van der Waals surface area contributed by atoms with Crippen LogP contribution in [0.25, 0.3) is 0 Å². The largest absolute Gasteiger partial charge is 0.417 e. The van der Waals surface area contributed by atoms with Gasteiger partial charge in [0, 0.05) is 18.2 Å². The molecule has 0 radical (unpaired) electrons. The first kappa shape index (κ1) is 11.9. The fourth-order valence-corrected chi connectivity index (χ4v) is 1.13. The molecule has 0 saturated heterocycles. The molecule has 82 valence electrons. The van der Waals surface area contributed by atoms with Crippen molar-refractivity contribution in [1.29, 1.82) is 0 Å². The minimum atomic E-state index is -4.32. The van der Waals surface area contributed by atoms with E-state index in [9.17, 15) is 13.2 Å². The van der Waals surface area contributed by atoms with E-state index >= 15 is 0 Å². The van der Waals surface area contributed by atoms with Crippen LogP contribution in [0.2, 0.25) is 0 Å². The first-order chi connectivity index (χ1) is 6.91. The zero-order valence-corrected chi connectivity index (χ0v) is 8.57. The van der Waals surface area contributed by atoms with Crippen LogP contribution in [0, 0.1) is 12.1 Å². The van der Waals surface area contributed by atoms with Gasteiger partial charge in [0.15, 0.2) is 0 Å². The second kappa shape index (κ2) is 4.54. The number of hydrogen-bond donors (Lipinski definition) is 1. The van der Waals surface area contributed by atoms with Gasteiger partial charge in [0.25, 0.3) is 0 Å². The highest BCUT2D eigenvalue weighted by Gasteiger charge is 2.32. The minimum absolute atomic E-state index is 0.110. The Labute approximate surface area is 87.3 Å². The summed E-state index contributed by atoms with van der Waals surface area (Å²) >= 11 is 0. The van der Waals surface area contributed by atoms with Crippen molar-refractivity contribution in [1.82, 2.24) is 5.32 Å². The van der Waals surface area contributed by atoms with Gasteiger partial charge in [0.2, 0.25) is 0 Å². The standard InChI is InChI=1S/C11H12F3N/c1-8(2)15-7-9-5-3-4-6-10(9)11(12,13)14/h4,6,8,15H,7H2,1-2H3. The molecule has 1 aromatic rings. The van der Waals surface area contributed by atoms with E-state index in [0.717, 1.165) is 6.07 Å². The molecule has 15 heavy (non-hydrogen) atoms. The first-order valence-corrected chi connectivity index (χ1v) is 4.63. The monoisotopic (exact) mass is 215 g/mol. The number of nitrogens with one attached hydrogen (secondary N) is 1. The fraction of sp³-hybridized carbons (Fsp3) is 0.455. The lowest BCUT2D eigenvalue weighted by Crippen LogP contribution is -2.23. The van der Waals surface area contributed by atoms with E-state index in [0.29, 0.717) is 0 Å². The van der Waals surface area contributed by atoms with Crippen molar-refractivity contribution in [2.45, 2.75) is 32.6 Å². The highest BCUT2D eigenvalue weighted by atomic mass is 19.4. The molecule has 0 aliphatic rings. The van der Waals surface area contributed by atoms with Crippen molar-refractivity contribution in [2.75, 3.05) is 0 Å². The lowest BCUT2D eigenvalue weighted by molar-refractivity contribution is -0.138.